The molecule has 33 heavy (non-hydrogen) atoms. The van der Waals surface area contributed by atoms with Crippen LogP contribution in [0.15, 0.2) is 53.6 Å². The van der Waals surface area contributed by atoms with E-state index in [1.807, 2.05) is 30.3 Å². The van der Waals surface area contributed by atoms with Crippen molar-refractivity contribution in [3.05, 3.63) is 59.8 Å². The second-order valence-electron chi connectivity index (χ2n) is 8.51. The summed E-state index contributed by atoms with van der Waals surface area (Å²) in [4.78, 5) is 19.1. The Morgan fingerprint density at radius 1 is 1.03 bits per heavy atom. The third-order valence-corrected chi connectivity index (χ3v) is 9.63. The highest BCUT2D eigenvalue weighted by Gasteiger charge is 2.40. The average molecular weight is 493 g/mol. The van der Waals surface area contributed by atoms with Crippen LogP contribution in [0.4, 0.5) is 0 Å². The smallest absolute Gasteiger partial charge is 0.260 e. The lowest BCUT2D eigenvalue weighted by Crippen LogP contribution is -2.52. The van der Waals surface area contributed by atoms with E-state index in [1.54, 1.807) is 17.0 Å². The predicted octanol–water partition coefficient (Wildman–Crippen LogP) is 0.592. The second-order valence-corrected chi connectivity index (χ2v) is 12.7. The Morgan fingerprint density at radius 3 is 2.39 bits per heavy atom. The number of carbonyl (C=O) groups excluding carboxylic acids is 1. The van der Waals surface area contributed by atoms with Gasteiger partial charge >= 0.3 is 0 Å². The van der Waals surface area contributed by atoms with E-state index in [0.717, 1.165) is 5.56 Å². The van der Waals surface area contributed by atoms with Crippen molar-refractivity contribution in [1.82, 2.24) is 14.2 Å². The van der Waals surface area contributed by atoms with Crippen LogP contribution in [0.2, 0.25) is 0 Å². The minimum Gasteiger partial charge on any atom is -0.340 e. The third-order valence-electron chi connectivity index (χ3n) is 6.29. The van der Waals surface area contributed by atoms with Crippen LogP contribution in [0.3, 0.4) is 0 Å². The molecule has 2 aliphatic heterocycles. The molecule has 11 heteroatoms. The zero-order valence-corrected chi connectivity index (χ0v) is 19.8. The zero-order chi connectivity index (χ0) is 23.6. The van der Waals surface area contributed by atoms with Gasteiger partial charge in [-0.05, 0) is 30.0 Å². The highest BCUT2D eigenvalue weighted by molar-refractivity contribution is 7.91. The molecule has 0 saturated carbocycles. The van der Waals surface area contributed by atoms with E-state index in [-0.39, 0.29) is 61.1 Å². The number of carbonyl (C=O) groups is 1. The number of rotatable bonds is 5. The van der Waals surface area contributed by atoms with Crippen LogP contribution >= 0.6 is 0 Å². The molecule has 0 radical (unpaired) electrons. The van der Waals surface area contributed by atoms with E-state index in [4.69, 9.17) is 5.73 Å². The standard InChI is InChI=1S/C22H28N4O5S2/c23-14-20-7-4-8-21(24-20)33(30,31)26-15-18(17-5-2-1-3-6-17)13-19(16-26)22(27)25-9-11-32(28,29)12-10-25/h1-8,18-19H,9-16,23H2. The number of sulfonamides is 1. The predicted molar refractivity (Wildman–Crippen MR) is 123 cm³/mol. The molecule has 2 N–H and O–H groups in total. The first-order valence-corrected chi connectivity index (χ1v) is 14.2. The Morgan fingerprint density at radius 2 is 1.73 bits per heavy atom. The summed E-state index contributed by atoms with van der Waals surface area (Å²) in [6, 6.07) is 14.2. The van der Waals surface area contributed by atoms with Crippen molar-refractivity contribution in [2.24, 2.45) is 11.7 Å². The topological polar surface area (TPSA) is 131 Å². The van der Waals surface area contributed by atoms with Gasteiger partial charge in [-0.1, -0.05) is 36.4 Å². The Balaban J connectivity index is 1.63. The summed E-state index contributed by atoms with van der Waals surface area (Å²) >= 11 is 0. The van der Waals surface area contributed by atoms with Crippen LogP contribution in [0, 0.1) is 5.92 Å². The molecule has 2 saturated heterocycles. The van der Waals surface area contributed by atoms with E-state index >= 15 is 0 Å². The summed E-state index contributed by atoms with van der Waals surface area (Å²) in [7, 11) is -7.08. The monoisotopic (exact) mass is 492 g/mol. The highest BCUT2D eigenvalue weighted by atomic mass is 32.2. The largest absolute Gasteiger partial charge is 0.340 e. The first-order valence-electron chi connectivity index (χ1n) is 10.9. The number of amides is 1. The summed E-state index contributed by atoms with van der Waals surface area (Å²) in [6.45, 7) is 0.664. The maximum atomic E-state index is 13.5. The fourth-order valence-electron chi connectivity index (χ4n) is 4.44. The van der Waals surface area contributed by atoms with Gasteiger partial charge in [0.1, 0.15) is 0 Å². The van der Waals surface area contributed by atoms with Crippen molar-refractivity contribution in [1.29, 1.82) is 0 Å². The van der Waals surface area contributed by atoms with Gasteiger partial charge in [0, 0.05) is 32.7 Å². The van der Waals surface area contributed by atoms with Crippen molar-refractivity contribution < 1.29 is 21.6 Å². The van der Waals surface area contributed by atoms with E-state index in [1.165, 1.54) is 10.4 Å². The quantitative estimate of drug-likeness (QED) is 0.646. The molecule has 9 nitrogen and oxygen atoms in total. The summed E-state index contributed by atoms with van der Waals surface area (Å²) in [5, 5.41) is -0.0885. The van der Waals surface area contributed by atoms with Gasteiger partial charge in [0.25, 0.3) is 10.0 Å². The molecule has 178 valence electrons. The number of pyridine rings is 1. The molecule has 0 aliphatic carbocycles. The lowest BCUT2D eigenvalue weighted by Gasteiger charge is -2.39. The van der Waals surface area contributed by atoms with Crippen LogP contribution < -0.4 is 5.73 Å². The fourth-order valence-corrected chi connectivity index (χ4v) is 7.14. The van der Waals surface area contributed by atoms with Gasteiger partial charge in [-0.3, -0.25) is 4.79 Å². The zero-order valence-electron chi connectivity index (χ0n) is 18.2. The molecule has 0 spiro atoms. The Labute approximate surface area is 194 Å². The first-order chi connectivity index (χ1) is 15.7. The molecule has 1 aromatic heterocycles. The van der Waals surface area contributed by atoms with E-state index in [0.29, 0.717) is 12.1 Å². The summed E-state index contributed by atoms with van der Waals surface area (Å²) in [5.74, 6) is -1.07. The molecular weight excluding hydrogens is 464 g/mol. The number of hydrogen-bond donors (Lipinski definition) is 1. The van der Waals surface area contributed by atoms with Crippen LogP contribution in [0.25, 0.3) is 0 Å². The van der Waals surface area contributed by atoms with Crippen molar-refractivity contribution in [3.8, 4) is 0 Å². The number of nitrogens with zero attached hydrogens (tertiary/aromatic N) is 3. The highest BCUT2D eigenvalue weighted by Crippen LogP contribution is 2.34. The van der Waals surface area contributed by atoms with E-state index in [2.05, 4.69) is 4.98 Å². The number of sulfone groups is 1. The lowest BCUT2D eigenvalue weighted by atomic mass is 9.85. The van der Waals surface area contributed by atoms with Gasteiger partial charge in [-0.25, -0.2) is 21.8 Å². The second kappa shape index (κ2) is 9.49. The Bertz CT molecular complexity index is 1200. The number of nitrogens with two attached hydrogens (primary N) is 1. The number of piperidine rings is 1. The van der Waals surface area contributed by atoms with Crippen molar-refractivity contribution in [2.45, 2.75) is 23.9 Å². The Kier molecular flexibility index (Phi) is 6.85. The maximum absolute atomic E-state index is 13.5. The van der Waals surface area contributed by atoms with Gasteiger partial charge in [0.2, 0.25) is 5.91 Å². The summed E-state index contributed by atoms with van der Waals surface area (Å²) < 4.78 is 51.9. The maximum Gasteiger partial charge on any atom is 0.260 e. The van der Waals surface area contributed by atoms with Crippen molar-refractivity contribution in [2.75, 3.05) is 37.7 Å². The summed E-state index contributed by atoms with van der Waals surface area (Å²) in [6.07, 6.45) is 0.494. The molecule has 2 atom stereocenters. The van der Waals surface area contributed by atoms with Crippen LogP contribution in [0.5, 0.6) is 0 Å². The molecule has 1 amide bonds. The molecule has 1 aromatic carbocycles. The van der Waals surface area contributed by atoms with Gasteiger partial charge in [0.15, 0.2) is 14.9 Å². The minimum atomic E-state index is -3.95. The number of benzene rings is 1. The van der Waals surface area contributed by atoms with Gasteiger partial charge < -0.3 is 10.6 Å². The minimum absolute atomic E-state index is 0.0300. The Hall–Kier alpha value is -2.34. The number of hydrogen-bond acceptors (Lipinski definition) is 7. The van der Waals surface area contributed by atoms with Crippen LogP contribution in [0.1, 0.15) is 23.6 Å². The molecule has 4 rings (SSSR count). The molecule has 3 heterocycles. The molecule has 2 fully saturated rings. The van der Waals surface area contributed by atoms with Gasteiger partial charge in [0.05, 0.1) is 23.1 Å². The normalized spacial score (nSPS) is 23.8. The molecule has 2 aromatic rings. The van der Waals surface area contributed by atoms with Gasteiger partial charge in [-0.15, -0.1) is 0 Å². The third kappa shape index (κ3) is 5.26. The number of aromatic nitrogens is 1. The van der Waals surface area contributed by atoms with E-state index in [9.17, 15) is 21.6 Å². The lowest BCUT2D eigenvalue weighted by molar-refractivity contribution is -0.136. The van der Waals surface area contributed by atoms with Crippen molar-refractivity contribution in [3.63, 3.8) is 0 Å². The molecule has 2 unspecified atom stereocenters. The summed E-state index contributed by atoms with van der Waals surface area (Å²) in [5.41, 5.74) is 7.06. The van der Waals surface area contributed by atoms with E-state index < -0.39 is 25.8 Å². The van der Waals surface area contributed by atoms with Crippen LogP contribution in [-0.4, -0.2) is 74.6 Å². The SMILES string of the molecule is NCc1cccc(S(=O)(=O)N2CC(C(=O)N3CCS(=O)(=O)CC3)CC(c3ccccc3)C2)n1. The molecule has 0 bridgehead atoms. The molecular formula is C22H28N4O5S2. The average Bonchev–Trinajstić information content (AvgIpc) is 2.84. The van der Waals surface area contributed by atoms with Gasteiger partial charge in [-0.2, -0.15) is 4.31 Å². The first kappa shape index (κ1) is 23.8. The fraction of sp³-hybridized carbons (Fsp3) is 0.455. The molecule has 2 aliphatic rings. The van der Waals surface area contributed by atoms with Crippen molar-refractivity contribution >= 4 is 25.8 Å². The van der Waals surface area contributed by atoms with Crippen LogP contribution in [-0.2, 0) is 31.2 Å².